The predicted molar refractivity (Wildman–Crippen MR) is 107 cm³/mol. The molecule has 7 N–H and O–H groups in total. The predicted octanol–water partition coefficient (Wildman–Crippen LogP) is 2.84. The van der Waals surface area contributed by atoms with Crippen molar-refractivity contribution in [1.82, 2.24) is 5.32 Å². The van der Waals surface area contributed by atoms with Gasteiger partial charge in [-0.3, -0.25) is 10.6 Å². The molecule has 3 rings (SSSR count). The molecule has 0 aromatic heterocycles. The molecular formula is C20H27N5O. The third-order valence-electron chi connectivity index (χ3n) is 4.04. The van der Waals surface area contributed by atoms with Crippen LogP contribution in [0.15, 0.2) is 59.9 Å². The molecule has 0 saturated heterocycles. The molecule has 2 aromatic rings. The molecule has 138 valence electrons. The van der Waals surface area contributed by atoms with Gasteiger partial charge in [-0.25, -0.2) is 0 Å². The minimum absolute atomic E-state index is 0.0756. The zero-order chi connectivity index (χ0) is 18.9. The fraction of sp³-hybridized carbons (Fsp3) is 0.250. The van der Waals surface area contributed by atoms with Gasteiger partial charge in [-0.1, -0.05) is 56.3 Å². The monoisotopic (exact) mass is 353 g/mol. The maximum atomic E-state index is 12.0. The lowest BCUT2D eigenvalue weighted by Crippen LogP contribution is -2.32. The number of para-hydroxylation sites is 1. The van der Waals surface area contributed by atoms with Crippen molar-refractivity contribution >= 4 is 17.2 Å². The second kappa shape index (κ2) is 9.60. The molecule has 2 aromatic carbocycles. The van der Waals surface area contributed by atoms with Crippen LogP contribution in [-0.2, 0) is 17.9 Å². The van der Waals surface area contributed by atoms with Crippen LogP contribution >= 0.6 is 0 Å². The van der Waals surface area contributed by atoms with Crippen molar-refractivity contribution in [1.29, 1.82) is 0 Å². The van der Waals surface area contributed by atoms with Crippen molar-refractivity contribution in [3.05, 3.63) is 71.1 Å². The Labute approximate surface area is 154 Å². The minimum Gasteiger partial charge on any atom is -0.382 e. The highest BCUT2D eigenvalue weighted by Gasteiger charge is 2.27. The smallest absolute Gasteiger partial charge is 0.186 e. The highest BCUT2D eigenvalue weighted by Crippen LogP contribution is 2.30. The van der Waals surface area contributed by atoms with Crippen LogP contribution in [0, 0.1) is 0 Å². The summed E-state index contributed by atoms with van der Waals surface area (Å²) < 4.78 is 0. The second-order valence-electron chi connectivity index (χ2n) is 5.61. The van der Waals surface area contributed by atoms with Gasteiger partial charge in [0.15, 0.2) is 5.78 Å². The lowest BCUT2D eigenvalue weighted by atomic mass is 9.98. The molecule has 0 unspecified atom stereocenters. The summed E-state index contributed by atoms with van der Waals surface area (Å²) in [6.45, 7) is 5.04. The van der Waals surface area contributed by atoms with Crippen molar-refractivity contribution in [2.24, 2.45) is 11.6 Å². The van der Waals surface area contributed by atoms with Crippen molar-refractivity contribution in [2.75, 3.05) is 10.7 Å². The van der Waals surface area contributed by atoms with Crippen LogP contribution in [0.3, 0.4) is 0 Å². The Balaban J connectivity index is 0.00000117. The Kier molecular flexibility index (Phi) is 7.20. The van der Waals surface area contributed by atoms with Gasteiger partial charge < -0.3 is 21.8 Å². The number of ketones is 1. The molecule has 0 fully saturated rings. The highest BCUT2D eigenvalue weighted by atomic mass is 16.1. The van der Waals surface area contributed by atoms with Gasteiger partial charge in [0.25, 0.3) is 0 Å². The number of nitrogens with two attached hydrogens (primary N) is 2. The third kappa shape index (κ3) is 4.41. The van der Waals surface area contributed by atoms with Gasteiger partial charge in [0.1, 0.15) is 5.70 Å². The summed E-state index contributed by atoms with van der Waals surface area (Å²) in [4.78, 5) is 12.0. The molecule has 0 amide bonds. The van der Waals surface area contributed by atoms with Crippen molar-refractivity contribution in [2.45, 2.75) is 33.4 Å². The summed E-state index contributed by atoms with van der Waals surface area (Å²) in [5.41, 5.74) is 13.4. The topological polar surface area (TPSA) is 105 Å². The van der Waals surface area contributed by atoms with Crippen LogP contribution in [0.25, 0.3) is 0 Å². The van der Waals surface area contributed by atoms with Crippen LogP contribution < -0.4 is 27.6 Å². The highest BCUT2D eigenvalue weighted by molar-refractivity contribution is 6.07. The fourth-order valence-corrected chi connectivity index (χ4v) is 2.68. The van der Waals surface area contributed by atoms with Crippen LogP contribution in [-0.4, -0.2) is 5.78 Å². The Morgan fingerprint density at radius 1 is 1.04 bits per heavy atom. The molecule has 0 aliphatic heterocycles. The lowest BCUT2D eigenvalue weighted by Gasteiger charge is -2.26. The van der Waals surface area contributed by atoms with Crippen LogP contribution in [0.1, 0.15) is 31.4 Å². The number of anilines is 2. The number of hydrazine groups is 1. The molecule has 6 nitrogen and oxygen atoms in total. The first kappa shape index (κ1) is 19.5. The Hall–Kier alpha value is -2.83. The van der Waals surface area contributed by atoms with E-state index < -0.39 is 0 Å². The van der Waals surface area contributed by atoms with Crippen LogP contribution in [0.2, 0.25) is 0 Å². The third-order valence-corrected chi connectivity index (χ3v) is 4.04. The molecule has 26 heavy (non-hydrogen) atoms. The van der Waals surface area contributed by atoms with Gasteiger partial charge in [0, 0.05) is 18.8 Å². The molecule has 0 saturated carbocycles. The van der Waals surface area contributed by atoms with Gasteiger partial charge in [-0.2, -0.15) is 0 Å². The quantitative estimate of drug-likeness (QED) is 0.387. The SMILES string of the molecule is CC.NCc1cccc(NC2=C(NCc3ccccc3)CC2=O)c1NN. The summed E-state index contributed by atoms with van der Waals surface area (Å²) in [5, 5.41) is 6.50. The standard InChI is InChI=1S/C18H21N5O.C2H6/c19-10-13-7-4-8-14(17(13)23-20)22-18-15(9-16(18)24)21-11-12-5-2-1-3-6-12;1-2/h1-8,21-23H,9-11,19-20H2;1-2H3. The number of nitrogen functional groups attached to an aromatic ring is 1. The van der Waals surface area contributed by atoms with E-state index in [2.05, 4.69) is 16.1 Å². The van der Waals surface area contributed by atoms with Crippen LogP contribution in [0.4, 0.5) is 11.4 Å². The molecule has 6 heteroatoms. The number of hydrogen-bond acceptors (Lipinski definition) is 6. The second-order valence-corrected chi connectivity index (χ2v) is 5.61. The summed E-state index contributed by atoms with van der Waals surface area (Å²) in [6, 6.07) is 15.7. The number of nitrogens with one attached hydrogen (secondary N) is 3. The number of Topliss-reactive ketones (excluding diaryl/α,β-unsaturated/α-hetero) is 1. The molecule has 0 heterocycles. The van der Waals surface area contributed by atoms with E-state index in [4.69, 9.17) is 11.6 Å². The van der Waals surface area contributed by atoms with E-state index in [9.17, 15) is 4.79 Å². The van der Waals surface area contributed by atoms with Gasteiger partial charge in [0.05, 0.1) is 17.8 Å². The van der Waals surface area contributed by atoms with Gasteiger partial charge >= 0.3 is 0 Å². The van der Waals surface area contributed by atoms with E-state index in [0.29, 0.717) is 30.9 Å². The lowest BCUT2D eigenvalue weighted by molar-refractivity contribution is -0.116. The minimum atomic E-state index is 0.0756. The number of carbonyl (C=O) groups is 1. The Bertz CT molecular complexity index is 771. The van der Waals surface area contributed by atoms with Gasteiger partial charge in [-0.15, -0.1) is 0 Å². The number of allylic oxidation sites excluding steroid dienone is 2. The average Bonchev–Trinajstić information content (AvgIpc) is 2.71. The van der Waals surface area contributed by atoms with Crippen LogP contribution in [0.5, 0.6) is 0 Å². The maximum absolute atomic E-state index is 12.0. The number of rotatable bonds is 7. The van der Waals surface area contributed by atoms with Gasteiger partial charge in [-0.05, 0) is 17.2 Å². The molecule has 1 aliphatic rings. The van der Waals surface area contributed by atoms with Crippen molar-refractivity contribution < 1.29 is 4.79 Å². The van der Waals surface area contributed by atoms with E-state index >= 15 is 0 Å². The van der Waals surface area contributed by atoms with Crippen molar-refractivity contribution in [3.63, 3.8) is 0 Å². The van der Waals surface area contributed by atoms with Gasteiger partial charge in [0.2, 0.25) is 0 Å². The first-order valence-electron chi connectivity index (χ1n) is 8.82. The van der Waals surface area contributed by atoms with E-state index in [1.165, 1.54) is 0 Å². The summed E-state index contributed by atoms with van der Waals surface area (Å²) in [6.07, 6.45) is 0.414. The average molecular weight is 353 g/mol. The summed E-state index contributed by atoms with van der Waals surface area (Å²) >= 11 is 0. The van der Waals surface area contributed by atoms with E-state index in [1.807, 2.05) is 62.4 Å². The normalized spacial score (nSPS) is 12.7. The maximum Gasteiger partial charge on any atom is 0.186 e. The largest absolute Gasteiger partial charge is 0.382 e. The van der Waals surface area contributed by atoms with Crippen molar-refractivity contribution in [3.8, 4) is 0 Å². The summed E-state index contributed by atoms with van der Waals surface area (Å²) in [5.74, 6) is 5.68. The molecular weight excluding hydrogens is 326 g/mol. The number of hydrogen-bond donors (Lipinski definition) is 5. The Morgan fingerprint density at radius 2 is 1.77 bits per heavy atom. The molecule has 0 bridgehead atoms. The number of carbonyl (C=O) groups excluding carboxylic acids is 1. The number of benzene rings is 2. The van der Waals surface area contributed by atoms with E-state index in [1.54, 1.807) is 0 Å². The first-order chi connectivity index (χ1) is 12.7. The zero-order valence-electron chi connectivity index (χ0n) is 15.3. The zero-order valence-corrected chi connectivity index (χ0v) is 15.3. The molecule has 1 aliphatic carbocycles. The van der Waals surface area contributed by atoms with E-state index in [0.717, 1.165) is 22.5 Å². The molecule has 0 radical (unpaired) electrons. The first-order valence-corrected chi connectivity index (χ1v) is 8.82. The fourth-order valence-electron chi connectivity index (χ4n) is 2.68. The Morgan fingerprint density at radius 3 is 2.38 bits per heavy atom. The summed E-state index contributed by atoms with van der Waals surface area (Å²) in [7, 11) is 0. The molecule has 0 atom stereocenters. The van der Waals surface area contributed by atoms with E-state index in [-0.39, 0.29) is 5.78 Å². The molecule has 0 spiro atoms.